The van der Waals surface area contributed by atoms with Crippen molar-refractivity contribution in [3.63, 3.8) is 0 Å². The van der Waals surface area contributed by atoms with E-state index < -0.39 is 0 Å². The summed E-state index contributed by atoms with van der Waals surface area (Å²) in [5, 5.41) is 4.18. The van der Waals surface area contributed by atoms with E-state index in [9.17, 15) is 9.18 Å². The Labute approximate surface area is 151 Å². The zero-order valence-corrected chi connectivity index (χ0v) is 15.3. The van der Waals surface area contributed by atoms with Gasteiger partial charge in [-0.1, -0.05) is 23.6 Å². The van der Waals surface area contributed by atoms with E-state index in [0.29, 0.717) is 17.0 Å². The van der Waals surface area contributed by atoms with Crippen LogP contribution in [0, 0.1) is 31.5 Å². The van der Waals surface area contributed by atoms with Crippen LogP contribution in [0.25, 0.3) is 16.5 Å². The topological polar surface area (TPSA) is 44.9 Å². The van der Waals surface area contributed by atoms with Gasteiger partial charge in [0.05, 0.1) is 10.5 Å². The van der Waals surface area contributed by atoms with Crippen LogP contribution in [-0.2, 0) is 4.79 Å². The zero-order chi connectivity index (χ0) is 18.1. The predicted molar refractivity (Wildman–Crippen MR) is 99.9 cm³/mol. The minimum absolute atomic E-state index is 0.0529. The van der Waals surface area contributed by atoms with Gasteiger partial charge < -0.3 is 10.3 Å². The lowest BCUT2D eigenvalue weighted by Gasteiger charge is -2.24. The number of amides is 1. The molecule has 1 aliphatic carbocycles. The second kappa shape index (κ2) is 6.93. The number of nitrogens with one attached hydrogen (secondary N) is 2. The van der Waals surface area contributed by atoms with Gasteiger partial charge in [-0.25, -0.2) is 4.39 Å². The van der Waals surface area contributed by atoms with Crippen LogP contribution >= 0.6 is 11.6 Å². The molecule has 130 valence electrons. The van der Waals surface area contributed by atoms with Gasteiger partial charge in [0, 0.05) is 22.7 Å². The first-order chi connectivity index (χ1) is 11.9. The van der Waals surface area contributed by atoms with Gasteiger partial charge in [0.2, 0.25) is 0 Å². The lowest BCUT2D eigenvalue weighted by Crippen LogP contribution is -2.35. The van der Waals surface area contributed by atoms with E-state index in [-0.39, 0.29) is 17.8 Å². The zero-order valence-electron chi connectivity index (χ0n) is 14.5. The van der Waals surface area contributed by atoms with E-state index in [1.54, 1.807) is 6.92 Å². The summed E-state index contributed by atoms with van der Waals surface area (Å²) < 4.78 is 14.8. The Morgan fingerprint density at radius 1 is 1.44 bits per heavy atom. The van der Waals surface area contributed by atoms with Crippen molar-refractivity contribution in [3.8, 4) is 11.8 Å². The highest BCUT2D eigenvalue weighted by atomic mass is 35.5. The number of aromatic amines is 1. The standard InChI is InChI=1S/C20H20ClFN2O/c1-4-6-16(25)24-14-8-5-7-13(10-14)17-15(22)9-11(2)20-18(17)19(21)12(3)23-20/h7,9,14,23H,5,8,10H2,1-3H3,(H,24,25)/t14-/m1/s1. The van der Waals surface area contributed by atoms with Crippen LogP contribution < -0.4 is 5.32 Å². The summed E-state index contributed by atoms with van der Waals surface area (Å²) in [6.07, 6.45) is 4.19. The van der Waals surface area contributed by atoms with Gasteiger partial charge in [0.25, 0.3) is 5.91 Å². The molecule has 1 heterocycles. The fourth-order valence-electron chi connectivity index (χ4n) is 3.47. The van der Waals surface area contributed by atoms with E-state index in [4.69, 9.17) is 11.6 Å². The normalized spacial score (nSPS) is 17.0. The number of carbonyl (C=O) groups excluding carboxylic acids is 1. The number of hydrogen-bond acceptors (Lipinski definition) is 1. The fraction of sp³-hybridized carbons (Fsp3) is 0.350. The molecule has 0 aliphatic heterocycles. The van der Waals surface area contributed by atoms with Crippen LogP contribution in [0.2, 0.25) is 5.02 Å². The molecule has 3 rings (SSSR count). The van der Waals surface area contributed by atoms with Gasteiger partial charge in [0.15, 0.2) is 0 Å². The second-order valence-corrected chi connectivity index (χ2v) is 6.80. The highest BCUT2D eigenvalue weighted by molar-refractivity contribution is 6.37. The molecular weight excluding hydrogens is 339 g/mol. The van der Waals surface area contributed by atoms with Crippen molar-refractivity contribution in [1.82, 2.24) is 10.3 Å². The average Bonchev–Trinajstić information content (AvgIpc) is 2.85. The molecule has 25 heavy (non-hydrogen) atoms. The first-order valence-corrected chi connectivity index (χ1v) is 8.69. The van der Waals surface area contributed by atoms with Crippen LogP contribution in [0.3, 0.4) is 0 Å². The van der Waals surface area contributed by atoms with Crippen molar-refractivity contribution >= 4 is 34.0 Å². The molecule has 1 aromatic carbocycles. The molecule has 0 bridgehead atoms. The van der Waals surface area contributed by atoms with Gasteiger partial charge in [-0.3, -0.25) is 4.79 Å². The number of fused-ring (bicyclic) bond motifs is 1. The summed E-state index contributed by atoms with van der Waals surface area (Å²) >= 11 is 6.46. The number of aromatic nitrogens is 1. The summed E-state index contributed by atoms with van der Waals surface area (Å²) in [4.78, 5) is 15.0. The van der Waals surface area contributed by atoms with Gasteiger partial charge in [0.1, 0.15) is 5.82 Å². The Bertz CT molecular complexity index is 946. The number of allylic oxidation sites excluding steroid dienone is 1. The first kappa shape index (κ1) is 17.6. The Kier molecular flexibility index (Phi) is 4.87. The summed E-state index contributed by atoms with van der Waals surface area (Å²) in [6, 6.07) is 1.48. The monoisotopic (exact) mass is 358 g/mol. The number of aryl methyl sites for hydroxylation is 2. The summed E-state index contributed by atoms with van der Waals surface area (Å²) in [7, 11) is 0. The molecule has 0 saturated carbocycles. The molecule has 1 aromatic heterocycles. The maximum absolute atomic E-state index is 14.8. The van der Waals surface area contributed by atoms with Crippen LogP contribution in [0.5, 0.6) is 0 Å². The fourth-order valence-corrected chi connectivity index (χ4v) is 3.71. The van der Waals surface area contributed by atoms with Crippen LogP contribution in [0.4, 0.5) is 4.39 Å². The Morgan fingerprint density at radius 2 is 2.20 bits per heavy atom. The van der Waals surface area contributed by atoms with Gasteiger partial charge >= 0.3 is 0 Å². The number of H-pyrrole nitrogens is 1. The maximum Gasteiger partial charge on any atom is 0.296 e. The Morgan fingerprint density at radius 3 is 2.92 bits per heavy atom. The Balaban J connectivity index is 2.03. The van der Waals surface area contributed by atoms with E-state index in [1.807, 2.05) is 19.9 Å². The van der Waals surface area contributed by atoms with Crippen molar-refractivity contribution < 1.29 is 9.18 Å². The van der Waals surface area contributed by atoms with E-state index >= 15 is 0 Å². The number of carbonyl (C=O) groups is 1. The lowest BCUT2D eigenvalue weighted by atomic mass is 9.87. The molecule has 1 atom stereocenters. The van der Waals surface area contributed by atoms with E-state index in [0.717, 1.165) is 40.6 Å². The van der Waals surface area contributed by atoms with Crippen molar-refractivity contribution in [2.75, 3.05) is 0 Å². The molecule has 0 unspecified atom stereocenters. The lowest BCUT2D eigenvalue weighted by molar-refractivity contribution is -0.116. The number of benzene rings is 1. The first-order valence-electron chi connectivity index (χ1n) is 8.32. The predicted octanol–water partition coefficient (Wildman–Crippen LogP) is 4.65. The van der Waals surface area contributed by atoms with Crippen molar-refractivity contribution in [1.29, 1.82) is 0 Å². The summed E-state index contributed by atoms with van der Waals surface area (Å²) in [5.74, 6) is 4.51. The third-order valence-electron chi connectivity index (χ3n) is 4.60. The smallest absolute Gasteiger partial charge is 0.296 e. The molecule has 0 radical (unpaired) electrons. The van der Waals surface area contributed by atoms with Crippen molar-refractivity contribution in [2.24, 2.45) is 0 Å². The molecule has 1 aliphatic rings. The molecule has 2 N–H and O–H groups in total. The number of halogens is 2. The van der Waals surface area contributed by atoms with Crippen LogP contribution in [0.1, 0.15) is 43.0 Å². The second-order valence-electron chi connectivity index (χ2n) is 6.42. The van der Waals surface area contributed by atoms with Crippen LogP contribution in [0.15, 0.2) is 12.1 Å². The average molecular weight is 359 g/mol. The molecule has 5 heteroatoms. The molecule has 0 fully saturated rings. The van der Waals surface area contributed by atoms with Crippen LogP contribution in [-0.4, -0.2) is 16.9 Å². The summed E-state index contributed by atoms with van der Waals surface area (Å²) in [6.45, 7) is 5.37. The number of hydrogen-bond donors (Lipinski definition) is 2. The quantitative estimate of drug-likeness (QED) is 0.754. The van der Waals surface area contributed by atoms with E-state index in [2.05, 4.69) is 22.1 Å². The minimum atomic E-state index is -0.293. The number of rotatable bonds is 2. The highest BCUT2D eigenvalue weighted by Gasteiger charge is 2.24. The van der Waals surface area contributed by atoms with Gasteiger partial charge in [-0.2, -0.15) is 0 Å². The van der Waals surface area contributed by atoms with Gasteiger partial charge in [-0.05, 0) is 63.2 Å². The van der Waals surface area contributed by atoms with E-state index in [1.165, 1.54) is 6.07 Å². The summed E-state index contributed by atoms with van der Waals surface area (Å²) in [5.41, 5.74) is 3.93. The Hall–Kier alpha value is -2.25. The molecular formula is C20H20ClFN2O. The SMILES string of the molecule is CC#CC(=O)N[C@@H]1CCC=C(c2c(F)cc(C)c3[nH]c(C)c(Cl)c23)C1. The molecule has 2 aromatic rings. The maximum atomic E-state index is 14.8. The minimum Gasteiger partial charge on any atom is -0.357 e. The van der Waals surface area contributed by atoms with Crippen molar-refractivity contribution in [3.05, 3.63) is 39.8 Å². The third-order valence-corrected chi connectivity index (χ3v) is 5.08. The molecule has 0 spiro atoms. The highest BCUT2D eigenvalue weighted by Crippen LogP contribution is 2.39. The van der Waals surface area contributed by atoms with Crippen molar-refractivity contribution in [2.45, 2.75) is 46.1 Å². The molecule has 0 saturated heterocycles. The largest absolute Gasteiger partial charge is 0.357 e. The van der Waals surface area contributed by atoms with Gasteiger partial charge in [-0.15, -0.1) is 0 Å². The molecule has 3 nitrogen and oxygen atoms in total. The third kappa shape index (κ3) is 3.29. The molecule has 1 amide bonds.